The van der Waals surface area contributed by atoms with Crippen molar-refractivity contribution >= 4 is 17.5 Å². The number of aryl methyl sites for hydroxylation is 1. The van der Waals surface area contributed by atoms with Gasteiger partial charge in [-0.1, -0.05) is 0 Å². The minimum atomic E-state index is -0.753. The van der Waals surface area contributed by atoms with Crippen molar-refractivity contribution in [1.82, 2.24) is 5.32 Å². The monoisotopic (exact) mass is 224 g/mol. The molecule has 4 nitrogen and oxygen atoms in total. The van der Waals surface area contributed by atoms with Gasteiger partial charge in [0, 0.05) is 12.2 Å². The van der Waals surface area contributed by atoms with Crippen molar-refractivity contribution in [3.8, 4) is 0 Å². The van der Waals surface area contributed by atoms with Gasteiger partial charge in [-0.2, -0.15) is 0 Å². The molecule has 0 spiro atoms. The fourth-order valence-electron chi connectivity index (χ4n) is 1.19. The van der Waals surface area contributed by atoms with Gasteiger partial charge in [0.15, 0.2) is 0 Å². The van der Waals surface area contributed by atoms with E-state index in [1.54, 1.807) is 13.8 Å². The summed E-state index contributed by atoms with van der Waals surface area (Å²) in [6.45, 7) is 3.75. The van der Waals surface area contributed by atoms with Crippen LogP contribution in [0.3, 0.4) is 0 Å². The Kier molecular flexibility index (Phi) is 3.99. The first-order chi connectivity index (χ1) is 7.54. The number of anilines is 1. The van der Waals surface area contributed by atoms with Crippen LogP contribution >= 0.6 is 0 Å². The molecule has 2 amide bonds. The minimum Gasteiger partial charge on any atom is -0.348 e. The average Bonchev–Trinajstić information content (AvgIpc) is 2.22. The van der Waals surface area contributed by atoms with E-state index in [0.717, 1.165) is 0 Å². The van der Waals surface area contributed by atoms with Gasteiger partial charge in [0.1, 0.15) is 5.82 Å². The summed E-state index contributed by atoms with van der Waals surface area (Å²) < 4.78 is 12.8. The first-order valence-electron chi connectivity index (χ1n) is 4.90. The standard InChI is InChI=1S/C11H13FN2O2/c1-3-13-10(15)11(16)14-9-5-4-8(12)6-7(9)2/h4-6H,3H2,1-2H3,(H,13,15)(H,14,16). The molecule has 86 valence electrons. The Bertz CT molecular complexity index is 418. The van der Waals surface area contributed by atoms with Crippen molar-refractivity contribution in [2.75, 3.05) is 11.9 Å². The van der Waals surface area contributed by atoms with Crippen LogP contribution in [0.1, 0.15) is 12.5 Å². The Morgan fingerprint density at radius 3 is 2.56 bits per heavy atom. The molecule has 5 heteroatoms. The van der Waals surface area contributed by atoms with Crippen LogP contribution in [0.2, 0.25) is 0 Å². The molecule has 0 unspecified atom stereocenters. The molecule has 1 aromatic rings. The molecule has 0 bridgehead atoms. The quantitative estimate of drug-likeness (QED) is 0.742. The van der Waals surface area contributed by atoms with Gasteiger partial charge < -0.3 is 10.6 Å². The van der Waals surface area contributed by atoms with E-state index >= 15 is 0 Å². The normalized spacial score (nSPS) is 9.69. The largest absolute Gasteiger partial charge is 0.348 e. The smallest absolute Gasteiger partial charge is 0.313 e. The number of carbonyl (C=O) groups is 2. The zero-order valence-corrected chi connectivity index (χ0v) is 9.13. The van der Waals surface area contributed by atoms with Crippen molar-refractivity contribution in [3.05, 3.63) is 29.6 Å². The van der Waals surface area contributed by atoms with Crippen LogP contribution in [0.4, 0.5) is 10.1 Å². The van der Waals surface area contributed by atoms with Crippen LogP contribution < -0.4 is 10.6 Å². The van der Waals surface area contributed by atoms with E-state index in [0.29, 0.717) is 17.8 Å². The van der Waals surface area contributed by atoms with Crippen molar-refractivity contribution in [3.63, 3.8) is 0 Å². The number of hydrogen-bond acceptors (Lipinski definition) is 2. The molecule has 0 radical (unpaired) electrons. The summed E-state index contributed by atoms with van der Waals surface area (Å²) in [6, 6.07) is 3.93. The lowest BCUT2D eigenvalue weighted by atomic mass is 10.2. The van der Waals surface area contributed by atoms with Crippen LogP contribution in [-0.4, -0.2) is 18.4 Å². The zero-order valence-electron chi connectivity index (χ0n) is 9.13. The summed E-state index contributed by atoms with van der Waals surface area (Å²) >= 11 is 0. The highest BCUT2D eigenvalue weighted by molar-refractivity contribution is 6.39. The molecular weight excluding hydrogens is 211 g/mol. The number of nitrogens with one attached hydrogen (secondary N) is 2. The van der Waals surface area contributed by atoms with Gasteiger partial charge in [-0.25, -0.2) is 4.39 Å². The Morgan fingerprint density at radius 1 is 1.31 bits per heavy atom. The number of benzene rings is 1. The minimum absolute atomic E-state index is 0.381. The third-order valence-corrected chi connectivity index (χ3v) is 1.98. The van der Waals surface area contributed by atoms with Crippen LogP contribution in [0.5, 0.6) is 0 Å². The van der Waals surface area contributed by atoms with E-state index in [1.807, 2.05) is 0 Å². The second-order valence-electron chi connectivity index (χ2n) is 3.27. The summed E-state index contributed by atoms with van der Waals surface area (Å²) in [5, 5.41) is 4.78. The van der Waals surface area contributed by atoms with E-state index in [1.165, 1.54) is 18.2 Å². The Labute approximate surface area is 92.8 Å². The van der Waals surface area contributed by atoms with E-state index in [4.69, 9.17) is 0 Å². The second-order valence-corrected chi connectivity index (χ2v) is 3.27. The maximum absolute atomic E-state index is 12.8. The number of rotatable bonds is 2. The predicted octanol–water partition coefficient (Wildman–Crippen LogP) is 1.21. The zero-order chi connectivity index (χ0) is 12.1. The summed E-state index contributed by atoms with van der Waals surface area (Å²) in [5.41, 5.74) is 0.996. The molecule has 1 aromatic carbocycles. The maximum Gasteiger partial charge on any atom is 0.313 e. The third-order valence-electron chi connectivity index (χ3n) is 1.98. The highest BCUT2D eigenvalue weighted by Crippen LogP contribution is 2.15. The van der Waals surface area contributed by atoms with Crippen LogP contribution in [0.25, 0.3) is 0 Å². The highest BCUT2D eigenvalue weighted by Gasteiger charge is 2.13. The van der Waals surface area contributed by atoms with E-state index in [9.17, 15) is 14.0 Å². The lowest BCUT2D eigenvalue weighted by Crippen LogP contribution is -2.35. The molecule has 0 saturated heterocycles. The first kappa shape index (κ1) is 12.2. The molecule has 0 saturated carbocycles. The van der Waals surface area contributed by atoms with Gasteiger partial charge in [-0.3, -0.25) is 9.59 Å². The summed E-state index contributed by atoms with van der Waals surface area (Å²) in [4.78, 5) is 22.5. The van der Waals surface area contributed by atoms with Crippen molar-refractivity contribution in [2.45, 2.75) is 13.8 Å². The van der Waals surface area contributed by atoms with E-state index in [-0.39, 0.29) is 5.82 Å². The fourth-order valence-corrected chi connectivity index (χ4v) is 1.19. The number of halogens is 1. The Hall–Kier alpha value is -1.91. The summed E-state index contributed by atoms with van der Waals surface area (Å²) in [7, 11) is 0. The molecule has 0 aliphatic heterocycles. The van der Waals surface area contributed by atoms with Gasteiger partial charge in [0.25, 0.3) is 0 Å². The molecule has 0 atom stereocenters. The molecule has 0 aromatic heterocycles. The van der Waals surface area contributed by atoms with Gasteiger partial charge in [0.2, 0.25) is 0 Å². The number of carbonyl (C=O) groups excluding carboxylic acids is 2. The maximum atomic E-state index is 12.8. The van der Waals surface area contributed by atoms with Gasteiger partial charge >= 0.3 is 11.8 Å². The first-order valence-corrected chi connectivity index (χ1v) is 4.90. The number of hydrogen-bond donors (Lipinski definition) is 2. The molecule has 16 heavy (non-hydrogen) atoms. The Morgan fingerprint density at radius 2 is 2.00 bits per heavy atom. The SMILES string of the molecule is CCNC(=O)C(=O)Nc1ccc(F)cc1C. The topological polar surface area (TPSA) is 58.2 Å². The van der Waals surface area contributed by atoms with Gasteiger partial charge in [0.05, 0.1) is 0 Å². The molecule has 0 aliphatic rings. The molecule has 2 N–H and O–H groups in total. The fraction of sp³-hybridized carbons (Fsp3) is 0.273. The van der Waals surface area contributed by atoms with Crippen molar-refractivity contribution in [2.24, 2.45) is 0 Å². The van der Waals surface area contributed by atoms with Crippen LogP contribution in [0, 0.1) is 12.7 Å². The van der Waals surface area contributed by atoms with Gasteiger partial charge in [-0.05, 0) is 37.6 Å². The van der Waals surface area contributed by atoms with Crippen LogP contribution in [-0.2, 0) is 9.59 Å². The third kappa shape index (κ3) is 3.05. The molecule has 0 heterocycles. The molecule has 0 fully saturated rings. The van der Waals surface area contributed by atoms with Crippen molar-refractivity contribution < 1.29 is 14.0 Å². The van der Waals surface area contributed by atoms with Crippen LogP contribution in [0.15, 0.2) is 18.2 Å². The number of amides is 2. The summed E-state index contributed by atoms with van der Waals surface area (Å²) in [5.74, 6) is -1.84. The lowest BCUT2D eigenvalue weighted by molar-refractivity contribution is -0.136. The summed E-state index contributed by atoms with van der Waals surface area (Å²) in [6.07, 6.45) is 0. The highest BCUT2D eigenvalue weighted by atomic mass is 19.1. The molecule has 0 aliphatic carbocycles. The number of likely N-dealkylation sites (N-methyl/N-ethyl adjacent to an activating group) is 1. The predicted molar refractivity (Wildman–Crippen MR) is 58.5 cm³/mol. The lowest BCUT2D eigenvalue weighted by Gasteiger charge is -2.07. The molecule has 1 rings (SSSR count). The van der Waals surface area contributed by atoms with E-state index < -0.39 is 11.8 Å². The van der Waals surface area contributed by atoms with Crippen molar-refractivity contribution in [1.29, 1.82) is 0 Å². The van der Waals surface area contributed by atoms with Gasteiger partial charge in [-0.15, -0.1) is 0 Å². The van der Waals surface area contributed by atoms with E-state index in [2.05, 4.69) is 10.6 Å². The second kappa shape index (κ2) is 5.25. The Balaban J connectivity index is 2.73. The molecular formula is C11H13FN2O2. The average molecular weight is 224 g/mol.